The summed E-state index contributed by atoms with van der Waals surface area (Å²) in [7, 11) is 0. The molecule has 3 aromatic rings. The molecule has 1 heterocycles. The largest absolute Gasteiger partial charge is 0.494 e. The zero-order valence-electron chi connectivity index (χ0n) is 11.5. The van der Waals surface area contributed by atoms with E-state index in [-0.39, 0.29) is 0 Å². The minimum Gasteiger partial charge on any atom is -0.494 e. The Morgan fingerprint density at radius 1 is 1.00 bits per heavy atom. The van der Waals surface area contributed by atoms with E-state index in [1.54, 1.807) is 0 Å². The number of hydrogen-bond acceptors (Lipinski definition) is 2. The first-order chi connectivity index (χ1) is 9.88. The molecule has 0 bridgehead atoms. The summed E-state index contributed by atoms with van der Waals surface area (Å²) < 4.78 is 5.70. The Labute approximate surface area is 119 Å². The molecule has 0 unspecified atom stereocenters. The second kappa shape index (κ2) is 5.74. The van der Waals surface area contributed by atoms with Gasteiger partial charge in [0.1, 0.15) is 5.75 Å². The van der Waals surface area contributed by atoms with Crippen LogP contribution in [0.25, 0.3) is 22.0 Å². The maximum absolute atomic E-state index is 5.70. The van der Waals surface area contributed by atoms with Crippen LogP contribution in [0.4, 0.5) is 0 Å². The van der Waals surface area contributed by atoms with E-state index in [4.69, 9.17) is 4.74 Å². The predicted molar refractivity (Wildman–Crippen MR) is 83.0 cm³/mol. The first-order valence-corrected chi connectivity index (χ1v) is 6.95. The van der Waals surface area contributed by atoms with Gasteiger partial charge in [-0.1, -0.05) is 43.3 Å². The minimum absolute atomic E-state index is 0.742. The number of rotatable bonds is 4. The van der Waals surface area contributed by atoms with Crippen molar-refractivity contribution in [1.29, 1.82) is 0 Å². The van der Waals surface area contributed by atoms with E-state index in [0.717, 1.165) is 30.0 Å². The molecule has 0 radical (unpaired) electrons. The van der Waals surface area contributed by atoms with Gasteiger partial charge in [-0.3, -0.25) is 4.98 Å². The molecule has 100 valence electrons. The van der Waals surface area contributed by atoms with Crippen molar-refractivity contribution < 1.29 is 4.74 Å². The summed E-state index contributed by atoms with van der Waals surface area (Å²) in [6, 6.07) is 18.5. The van der Waals surface area contributed by atoms with Crippen molar-refractivity contribution in [1.82, 2.24) is 4.98 Å². The third kappa shape index (κ3) is 2.50. The molecule has 2 aromatic carbocycles. The van der Waals surface area contributed by atoms with Crippen LogP contribution in [0.15, 0.2) is 60.8 Å². The number of benzene rings is 2. The standard InChI is InChI=1S/C18H17NO/c1-2-12-20-16-8-5-7-15(13-16)18-17-9-4-3-6-14(17)10-11-19-18/h3-11,13H,2,12H2,1H3. The van der Waals surface area contributed by atoms with Gasteiger partial charge in [-0.2, -0.15) is 0 Å². The van der Waals surface area contributed by atoms with Gasteiger partial charge in [-0.25, -0.2) is 0 Å². The van der Waals surface area contributed by atoms with Gasteiger partial charge in [0.05, 0.1) is 12.3 Å². The Morgan fingerprint density at radius 2 is 1.90 bits per heavy atom. The van der Waals surface area contributed by atoms with Crippen LogP contribution in [0.5, 0.6) is 5.75 Å². The average molecular weight is 263 g/mol. The molecule has 2 nitrogen and oxygen atoms in total. The molecule has 0 N–H and O–H groups in total. The van der Waals surface area contributed by atoms with Gasteiger partial charge in [-0.05, 0) is 30.0 Å². The van der Waals surface area contributed by atoms with Gasteiger partial charge in [0.25, 0.3) is 0 Å². The average Bonchev–Trinajstić information content (AvgIpc) is 2.52. The summed E-state index contributed by atoms with van der Waals surface area (Å²) in [6.45, 7) is 2.85. The van der Waals surface area contributed by atoms with E-state index in [2.05, 4.69) is 36.2 Å². The summed E-state index contributed by atoms with van der Waals surface area (Å²) in [6.07, 6.45) is 2.87. The lowest BCUT2D eigenvalue weighted by atomic mass is 10.0. The first kappa shape index (κ1) is 12.7. The van der Waals surface area contributed by atoms with Gasteiger partial charge in [0, 0.05) is 17.1 Å². The lowest BCUT2D eigenvalue weighted by Gasteiger charge is -2.08. The van der Waals surface area contributed by atoms with E-state index in [9.17, 15) is 0 Å². The van der Waals surface area contributed by atoms with Crippen LogP contribution in [0, 0.1) is 0 Å². The molecule has 1 aromatic heterocycles. The number of fused-ring (bicyclic) bond motifs is 1. The van der Waals surface area contributed by atoms with Crippen LogP contribution in [0.3, 0.4) is 0 Å². The summed E-state index contributed by atoms with van der Waals surface area (Å²) in [5.74, 6) is 0.902. The molecular weight excluding hydrogens is 246 g/mol. The molecule has 0 aliphatic heterocycles. The summed E-state index contributed by atoms with van der Waals surface area (Å²) in [4.78, 5) is 4.54. The van der Waals surface area contributed by atoms with Gasteiger partial charge in [0.15, 0.2) is 0 Å². The van der Waals surface area contributed by atoms with Crippen molar-refractivity contribution in [3.05, 3.63) is 60.8 Å². The fourth-order valence-electron chi connectivity index (χ4n) is 2.30. The summed E-state index contributed by atoms with van der Waals surface area (Å²) >= 11 is 0. The Kier molecular flexibility index (Phi) is 3.64. The predicted octanol–water partition coefficient (Wildman–Crippen LogP) is 4.69. The Bertz CT molecular complexity index is 716. The summed E-state index contributed by atoms with van der Waals surface area (Å²) in [5, 5.41) is 2.38. The van der Waals surface area contributed by atoms with Crippen LogP contribution >= 0.6 is 0 Å². The highest BCUT2D eigenvalue weighted by Gasteiger charge is 2.05. The van der Waals surface area contributed by atoms with Crippen molar-refractivity contribution in [2.24, 2.45) is 0 Å². The van der Waals surface area contributed by atoms with E-state index in [1.165, 1.54) is 10.8 Å². The third-order valence-corrected chi connectivity index (χ3v) is 3.25. The molecule has 0 amide bonds. The van der Waals surface area contributed by atoms with Crippen molar-refractivity contribution in [3.8, 4) is 17.0 Å². The number of hydrogen-bond donors (Lipinski definition) is 0. The molecule has 2 heteroatoms. The SMILES string of the molecule is CCCOc1cccc(-c2nccc3ccccc23)c1. The maximum atomic E-state index is 5.70. The third-order valence-electron chi connectivity index (χ3n) is 3.25. The monoisotopic (exact) mass is 263 g/mol. The van der Waals surface area contributed by atoms with Crippen LogP contribution in [-0.4, -0.2) is 11.6 Å². The quantitative estimate of drug-likeness (QED) is 0.681. The second-order valence-electron chi connectivity index (χ2n) is 4.76. The second-order valence-corrected chi connectivity index (χ2v) is 4.76. The van der Waals surface area contributed by atoms with Gasteiger partial charge in [-0.15, -0.1) is 0 Å². The zero-order valence-corrected chi connectivity index (χ0v) is 11.5. The molecule has 0 atom stereocenters. The van der Waals surface area contributed by atoms with Gasteiger partial charge >= 0.3 is 0 Å². The van der Waals surface area contributed by atoms with E-state index in [1.807, 2.05) is 36.5 Å². The fraction of sp³-hybridized carbons (Fsp3) is 0.167. The fourth-order valence-corrected chi connectivity index (χ4v) is 2.30. The van der Waals surface area contributed by atoms with Gasteiger partial charge < -0.3 is 4.74 Å². The molecule has 0 fully saturated rings. The smallest absolute Gasteiger partial charge is 0.119 e. The molecule has 3 rings (SSSR count). The minimum atomic E-state index is 0.742. The molecule has 20 heavy (non-hydrogen) atoms. The highest BCUT2D eigenvalue weighted by molar-refractivity contribution is 5.94. The number of nitrogens with zero attached hydrogens (tertiary/aromatic N) is 1. The Hall–Kier alpha value is -2.35. The topological polar surface area (TPSA) is 22.1 Å². The maximum Gasteiger partial charge on any atom is 0.119 e. The van der Waals surface area contributed by atoms with Crippen molar-refractivity contribution in [3.63, 3.8) is 0 Å². The molecule has 0 saturated carbocycles. The Balaban J connectivity index is 2.06. The highest BCUT2D eigenvalue weighted by Crippen LogP contribution is 2.28. The highest BCUT2D eigenvalue weighted by atomic mass is 16.5. The number of pyridine rings is 1. The van der Waals surface area contributed by atoms with Crippen LogP contribution < -0.4 is 4.74 Å². The van der Waals surface area contributed by atoms with Crippen molar-refractivity contribution in [2.75, 3.05) is 6.61 Å². The van der Waals surface area contributed by atoms with Crippen molar-refractivity contribution in [2.45, 2.75) is 13.3 Å². The molecular formula is C18H17NO. The van der Waals surface area contributed by atoms with Crippen LogP contribution in [0.2, 0.25) is 0 Å². The van der Waals surface area contributed by atoms with E-state index < -0.39 is 0 Å². The number of ether oxygens (including phenoxy) is 1. The van der Waals surface area contributed by atoms with E-state index >= 15 is 0 Å². The first-order valence-electron chi connectivity index (χ1n) is 6.95. The van der Waals surface area contributed by atoms with Crippen molar-refractivity contribution >= 4 is 10.8 Å². The van der Waals surface area contributed by atoms with Gasteiger partial charge in [0.2, 0.25) is 0 Å². The molecule has 0 aliphatic carbocycles. The zero-order chi connectivity index (χ0) is 13.8. The lowest BCUT2D eigenvalue weighted by Crippen LogP contribution is -1.95. The molecule has 0 aliphatic rings. The molecule has 0 saturated heterocycles. The number of aromatic nitrogens is 1. The van der Waals surface area contributed by atoms with Crippen LogP contribution in [-0.2, 0) is 0 Å². The lowest BCUT2D eigenvalue weighted by molar-refractivity contribution is 0.317. The normalized spacial score (nSPS) is 10.7. The Morgan fingerprint density at radius 3 is 2.80 bits per heavy atom. The van der Waals surface area contributed by atoms with E-state index in [0.29, 0.717) is 0 Å². The molecule has 0 spiro atoms. The van der Waals surface area contributed by atoms with Crippen LogP contribution in [0.1, 0.15) is 13.3 Å². The summed E-state index contributed by atoms with van der Waals surface area (Å²) in [5.41, 5.74) is 2.10.